The van der Waals surface area contributed by atoms with E-state index >= 15 is 0 Å². The summed E-state index contributed by atoms with van der Waals surface area (Å²) in [6.07, 6.45) is 0.721. The van der Waals surface area contributed by atoms with Crippen molar-refractivity contribution in [3.63, 3.8) is 0 Å². The maximum absolute atomic E-state index is 12.6. The molecule has 0 saturated carbocycles. The summed E-state index contributed by atoms with van der Waals surface area (Å²) in [5, 5.41) is 0. The van der Waals surface area contributed by atoms with E-state index in [1.165, 1.54) is 6.07 Å². The van der Waals surface area contributed by atoms with Gasteiger partial charge in [0.1, 0.15) is 12.4 Å². The van der Waals surface area contributed by atoms with Crippen molar-refractivity contribution in [3.8, 4) is 0 Å². The number of amidine groups is 1. The summed E-state index contributed by atoms with van der Waals surface area (Å²) in [5.74, 6) is 0.0159. The lowest BCUT2D eigenvalue weighted by Crippen LogP contribution is -2.38. The Hall–Kier alpha value is -2.71. The molecule has 0 atom stereocenters. The van der Waals surface area contributed by atoms with Crippen LogP contribution in [0.25, 0.3) is 0 Å². The Balaban J connectivity index is 1.68. The first-order valence-corrected chi connectivity index (χ1v) is 10.2. The highest BCUT2D eigenvalue weighted by molar-refractivity contribution is 7.90. The van der Waals surface area contributed by atoms with Crippen LogP contribution in [-0.2, 0) is 21.2 Å². The highest BCUT2D eigenvalue weighted by atomic mass is 32.2. The zero-order chi connectivity index (χ0) is 19.3. The monoisotopic (exact) mass is 386 g/mol. The third-order valence-corrected chi connectivity index (χ3v) is 5.70. The van der Waals surface area contributed by atoms with Gasteiger partial charge in [0.25, 0.3) is 10.0 Å². The molecule has 27 heavy (non-hydrogen) atoms. The summed E-state index contributed by atoms with van der Waals surface area (Å²) >= 11 is 0. The molecule has 1 amide bonds. The minimum Gasteiger partial charge on any atom is -0.339 e. The molecule has 3 rings (SSSR count). The number of carbonyl (C=O) groups excluding carboxylic acids is 1. The van der Waals surface area contributed by atoms with Gasteiger partial charge in [0.15, 0.2) is 0 Å². The van der Waals surface area contributed by atoms with Crippen molar-refractivity contribution in [3.05, 3.63) is 65.7 Å². The Bertz CT molecular complexity index is 942. The second kappa shape index (κ2) is 8.32. The molecule has 0 aromatic heterocycles. The molecule has 0 saturated heterocycles. The van der Waals surface area contributed by atoms with E-state index < -0.39 is 10.0 Å². The third-order valence-electron chi connectivity index (χ3n) is 4.30. The molecule has 0 bridgehead atoms. The number of fused-ring (bicyclic) bond motifs is 1. The maximum atomic E-state index is 12.6. The predicted octanol–water partition coefficient (Wildman–Crippen LogP) is 0.755. The fraction of sp³-hybridized carbons (Fsp3) is 0.263. The standard InChI is InChI=1S/C19H22N4O3S/c20-11-13-23(12-10-15-6-2-1-3-7-15)18(24)14-21-19-16-8-4-5-9-17(16)27(25,26)22-19/h1-9H,10-14,20H2,(H,21,22). The number of nitrogens with zero attached hydrogens (tertiary/aromatic N) is 2. The average molecular weight is 386 g/mol. The molecule has 0 fully saturated rings. The SMILES string of the molecule is NCCN(CCc1ccccc1)C(=O)CN=C1NS(=O)(=O)c2ccccc21. The smallest absolute Gasteiger partial charge is 0.263 e. The van der Waals surface area contributed by atoms with E-state index in [0.717, 1.165) is 12.0 Å². The van der Waals surface area contributed by atoms with E-state index in [1.54, 1.807) is 23.1 Å². The van der Waals surface area contributed by atoms with Gasteiger partial charge in [-0.25, -0.2) is 8.42 Å². The van der Waals surface area contributed by atoms with Crippen LogP contribution in [0.2, 0.25) is 0 Å². The van der Waals surface area contributed by atoms with Gasteiger partial charge in [-0.3, -0.25) is 14.5 Å². The molecule has 8 heteroatoms. The van der Waals surface area contributed by atoms with Crippen LogP contribution in [0.1, 0.15) is 11.1 Å². The summed E-state index contributed by atoms with van der Waals surface area (Å²) in [6.45, 7) is 1.18. The lowest BCUT2D eigenvalue weighted by molar-refractivity contribution is -0.129. The molecule has 1 aliphatic heterocycles. The average Bonchev–Trinajstić information content (AvgIpc) is 2.95. The maximum Gasteiger partial charge on any atom is 0.263 e. The van der Waals surface area contributed by atoms with E-state index in [9.17, 15) is 13.2 Å². The highest BCUT2D eigenvalue weighted by Crippen LogP contribution is 2.22. The second-order valence-electron chi connectivity index (χ2n) is 6.17. The molecule has 2 aromatic carbocycles. The molecule has 1 aliphatic rings. The molecular weight excluding hydrogens is 364 g/mol. The molecule has 0 radical (unpaired) electrons. The zero-order valence-electron chi connectivity index (χ0n) is 14.8. The summed E-state index contributed by atoms with van der Waals surface area (Å²) in [7, 11) is -3.61. The van der Waals surface area contributed by atoms with Crippen LogP contribution >= 0.6 is 0 Å². The van der Waals surface area contributed by atoms with Gasteiger partial charge >= 0.3 is 0 Å². The van der Waals surface area contributed by atoms with Crippen LogP contribution in [0, 0.1) is 0 Å². The van der Waals surface area contributed by atoms with E-state index in [4.69, 9.17) is 5.73 Å². The van der Waals surface area contributed by atoms with Crippen molar-refractivity contribution in [1.29, 1.82) is 0 Å². The Morgan fingerprint density at radius 2 is 1.74 bits per heavy atom. The molecular formula is C19H22N4O3S. The third kappa shape index (κ3) is 4.53. The quantitative estimate of drug-likeness (QED) is 0.733. The fourth-order valence-corrected chi connectivity index (χ4v) is 4.17. The minimum absolute atomic E-state index is 0.138. The number of hydrogen-bond acceptors (Lipinski definition) is 5. The number of amides is 1. The first kappa shape index (κ1) is 19.1. The number of nitrogens with one attached hydrogen (secondary N) is 1. The first-order chi connectivity index (χ1) is 13.0. The topological polar surface area (TPSA) is 105 Å². The van der Waals surface area contributed by atoms with Gasteiger partial charge in [-0.05, 0) is 24.1 Å². The summed E-state index contributed by atoms with van der Waals surface area (Å²) in [4.78, 5) is 18.6. The van der Waals surface area contributed by atoms with E-state index in [2.05, 4.69) is 9.71 Å². The minimum atomic E-state index is -3.61. The Morgan fingerprint density at radius 1 is 1.04 bits per heavy atom. The van der Waals surface area contributed by atoms with Gasteiger partial charge in [-0.2, -0.15) is 0 Å². The molecule has 1 heterocycles. The molecule has 2 aromatic rings. The summed E-state index contributed by atoms with van der Waals surface area (Å²) in [6, 6.07) is 16.5. The van der Waals surface area contributed by atoms with Crippen LogP contribution in [0.3, 0.4) is 0 Å². The lowest BCUT2D eigenvalue weighted by atomic mass is 10.1. The molecule has 0 spiro atoms. The molecule has 0 unspecified atom stereocenters. The lowest BCUT2D eigenvalue weighted by Gasteiger charge is -2.21. The number of hydrogen-bond donors (Lipinski definition) is 2. The van der Waals surface area contributed by atoms with Crippen LogP contribution in [0.15, 0.2) is 64.5 Å². The van der Waals surface area contributed by atoms with Crippen molar-refractivity contribution >= 4 is 21.8 Å². The van der Waals surface area contributed by atoms with Crippen molar-refractivity contribution in [1.82, 2.24) is 9.62 Å². The largest absolute Gasteiger partial charge is 0.339 e. The van der Waals surface area contributed by atoms with Gasteiger partial charge in [-0.1, -0.05) is 42.5 Å². The van der Waals surface area contributed by atoms with Gasteiger partial charge in [0, 0.05) is 25.2 Å². The van der Waals surface area contributed by atoms with Crippen molar-refractivity contribution in [2.75, 3.05) is 26.2 Å². The van der Waals surface area contributed by atoms with Crippen molar-refractivity contribution < 1.29 is 13.2 Å². The number of nitrogens with two attached hydrogens (primary N) is 1. The van der Waals surface area contributed by atoms with Gasteiger partial charge < -0.3 is 10.6 Å². The normalized spacial score (nSPS) is 16.0. The fourth-order valence-electron chi connectivity index (χ4n) is 2.92. The Morgan fingerprint density at radius 3 is 2.48 bits per heavy atom. The molecule has 3 N–H and O–H groups in total. The van der Waals surface area contributed by atoms with E-state index in [-0.39, 0.29) is 23.2 Å². The van der Waals surface area contributed by atoms with Crippen molar-refractivity contribution in [2.24, 2.45) is 10.7 Å². The molecule has 142 valence electrons. The zero-order valence-corrected chi connectivity index (χ0v) is 15.7. The van der Waals surface area contributed by atoms with E-state index in [0.29, 0.717) is 25.2 Å². The highest BCUT2D eigenvalue weighted by Gasteiger charge is 2.30. The summed E-state index contributed by atoms with van der Waals surface area (Å²) in [5.41, 5.74) is 7.25. The Kier molecular flexibility index (Phi) is 5.88. The number of sulfonamides is 1. The van der Waals surface area contributed by atoms with E-state index in [1.807, 2.05) is 30.3 Å². The summed E-state index contributed by atoms with van der Waals surface area (Å²) < 4.78 is 26.6. The van der Waals surface area contributed by atoms with Crippen LogP contribution < -0.4 is 10.5 Å². The second-order valence-corrected chi connectivity index (χ2v) is 7.82. The van der Waals surface area contributed by atoms with Gasteiger partial charge in [0.2, 0.25) is 5.91 Å². The van der Waals surface area contributed by atoms with Crippen molar-refractivity contribution in [2.45, 2.75) is 11.3 Å². The van der Waals surface area contributed by atoms with Gasteiger partial charge in [0.05, 0.1) is 4.90 Å². The first-order valence-electron chi connectivity index (χ1n) is 8.69. The van der Waals surface area contributed by atoms with Crippen LogP contribution in [0.4, 0.5) is 0 Å². The number of carbonyl (C=O) groups is 1. The number of benzene rings is 2. The van der Waals surface area contributed by atoms with Crippen LogP contribution in [-0.4, -0.2) is 51.2 Å². The van der Waals surface area contributed by atoms with Gasteiger partial charge in [-0.15, -0.1) is 0 Å². The molecule has 7 nitrogen and oxygen atoms in total. The number of aliphatic imine (C=N–C) groups is 1. The molecule has 0 aliphatic carbocycles. The Labute approximate surface area is 159 Å². The number of rotatable bonds is 7. The predicted molar refractivity (Wildman–Crippen MR) is 104 cm³/mol. The van der Waals surface area contributed by atoms with Crippen LogP contribution in [0.5, 0.6) is 0 Å².